The second-order valence-electron chi connectivity index (χ2n) is 4.73. The number of hydrogen-bond acceptors (Lipinski definition) is 3. The molecule has 4 nitrogen and oxygen atoms in total. The number of esters is 1. The molecule has 0 bridgehead atoms. The quantitative estimate of drug-likeness (QED) is 0.456. The molecule has 0 aliphatic rings. The smallest absolute Gasteiger partial charge is 0.335 e. The predicted octanol–water partition coefficient (Wildman–Crippen LogP) is 2.79. The van der Waals surface area contributed by atoms with Crippen molar-refractivity contribution in [2.75, 3.05) is 6.61 Å². The van der Waals surface area contributed by atoms with Crippen molar-refractivity contribution < 1.29 is 14.6 Å². The Morgan fingerprint density at radius 3 is 2.76 bits per heavy atom. The molecule has 21 heavy (non-hydrogen) atoms. The topological polar surface area (TPSA) is 51.5 Å². The lowest BCUT2D eigenvalue weighted by molar-refractivity contribution is -0.128. The van der Waals surface area contributed by atoms with Crippen LogP contribution in [0.25, 0.3) is 21.8 Å². The number of para-hydroxylation sites is 2. The number of aliphatic hydroxyl groups excluding tert-OH is 1. The molecule has 0 amide bonds. The zero-order chi connectivity index (χ0) is 14.8. The second kappa shape index (κ2) is 5.42. The molecule has 1 aromatic heterocycles. The number of carbonyl (C=O) groups excluding carboxylic acids is 1. The van der Waals surface area contributed by atoms with Crippen LogP contribution in [0.4, 0.5) is 0 Å². The van der Waals surface area contributed by atoms with Crippen molar-refractivity contribution in [3.63, 3.8) is 0 Å². The average Bonchev–Trinajstić information content (AvgIpc) is 2.80. The van der Waals surface area contributed by atoms with Crippen LogP contribution >= 0.6 is 0 Å². The molecule has 1 heterocycles. The Kier molecular flexibility index (Phi) is 3.46. The lowest BCUT2D eigenvalue weighted by atomic mass is 10.1. The molecule has 106 valence electrons. The Labute approximate surface area is 121 Å². The molecule has 1 N–H and O–H groups in total. The van der Waals surface area contributed by atoms with Gasteiger partial charge in [-0.3, -0.25) is 0 Å². The van der Waals surface area contributed by atoms with Crippen LogP contribution in [-0.2, 0) is 11.8 Å². The summed E-state index contributed by atoms with van der Waals surface area (Å²) in [5.41, 5.74) is 1.96. The van der Waals surface area contributed by atoms with Crippen molar-refractivity contribution in [3.8, 4) is 5.75 Å². The van der Waals surface area contributed by atoms with E-state index in [0.717, 1.165) is 21.8 Å². The summed E-state index contributed by atoms with van der Waals surface area (Å²) in [5.74, 6) is 0.0144. The Balaban J connectivity index is 2.16. The summed E-state index contributed by atoms with van der Waals surface area (Å²) < 4.78 is 7.40. The third-order valence-corrected chi connectivity index (χ3v) is 3.46. The minimum Gasteiger partial charge on any atom is -0.421 e. The van der Waals surface area contributed by atoms with Gasteiger partial charge in [-0.15, -0.1) is 0 Å². The standard InChI is InChI=1S/C17H15NO3/c1-18-14-8-3-2-6-12(14)13-7-4-9-15(17(13)18)21-16(20)10-5-11-19/h2-10,19H,11H2,1H3. The fourth-order valence-corrected chi connectivity index (χ4v) is 2.57. The Morgan fingerprint density at radius 2 is 1.95 bits per heavy atom. The van der Waals surface area contributed by atoms with Gasteiger partial charge in [0.15, 0.2) is 5.75 Å². The minimum atomic E-state index is -0.498. The predicted molar refractivity (Wildman–Crippen MR) is 82.3 cm³/mol. The van der Waals surface area contributed by atoms with Crippen LogP contribution in [0.15, 0.2) is 54.6 Å². The second-order valence-corrected chi connectivity index (χ2v) is 4.73. The first kappa shape index (κ1) is 13.4. The Hall–Kier alpha value is -2.59. The van der Waals surface area contributed by atoms with Gasteiger partial charge in [-0.05, 0) is 12.1 Å². The van der Waals surface area contributed by atoms with E-state index in [1.54, 1.807) is 6.07 Å². The summed E-state index contributed by atoms with van der Waals surface area (Å²) in [7, 11) is 1.95. The maximum atomic E-state index is 11.7. The average molecular weight is 281 g/mol. The van der Waals surface area contributed by atoms with Crippen molar-refractivity contribution >= 4 is 27.8 Å². The summed E-state index contributed by atoms with van der Waals surface area (Å²) in [6.45, 7) is -0.187. The van der Waals surface area contributed by atoms with Gasteiger partial charge in [-0.1, -0.05) is 36.4 Å². The van der Waals surface area contributed by atoms with Gasteiger partial charge in [0.1, 0.15) is 0 Å². The van der Waals surface area contributed by atoms with E-state index in [9.17, 15) is 4.79 Å². The van der Waals surface area contributed by atoms with Crippen molar-refractivity contribution in [2.45, 2.75) is 0 Å². The normalized spacial score (nSPS) is 11.5. The molecule has 0 fully saturated rings. The zero-order valence-electron chi connectivity index (χ0n) is 11.6. The van der Waals surface area contributed by atoms with Gasteiger partial charge in [0.25, 0.3) is 0 Å². The number of aromatic nitrogens is 1. The molecule has 4 heteroatoms. The number of aliphatic hydroxyl groups is 1. The van der Waals surface area contributed by atoms with Gasteiger partial charge in [0.2, 0.25) is 0 Å². The molecule has 0 atom stereocenters. The largest absolute Gasteiger partial charge is 0.421 e. The minimum absolute atomic E-state index is 0.187. The third-order valence-electron chi connectivity index (χ3n) is 3.46. The van der Waals surface area contributed by atoms with Gasteiger partial charge in [-0.25, -0.2) is 4.79 Å². The molecule has 0 radical (unpaired) electrons. The van der Waals surface area contributed by atoms with E-state index in [2.05, 4.69) is 6.07 Å². The van der Waals surface area contributed by atoms with E-state index in [4.69, 9.17) is 9.84 Å². The highest BCUT2D eigenvalue weighted by Crippen LogP contribution is 2.33. The number of ether oxygens (including phenoxy) is 1. The summed E-state index contributed by atoms with van der Waals surface area (Å²) in [4.78, 5) is 11.7. The number of nitrogens with zero attached hydrogens (tertiary/aromatic N) is 1. The molecule has 3 rings (SSSR count). The molecular weight excluding hydrogens is 266 g/mol. The number of benzene rings is 2. The fourth-order valence-electron chi connectivity index (χ4n) is 2.57. The van der Waals surface area contributed by atoms with E-state index in [1.165, 1.54) is 12.2 Å². The maximum absolute atomic E-state index is 11.7. The summed E-state index contributed by atoms with van der Waals surface area (Å²) in [6.07, 6.45) is 2.57. The first-order valence-corrected chi connectivity index (χ1v) is 6.67. The maximum Gasteiger partial charge on any atom is 0.335 e. The van der Waals surface area contributed by atoms with E-state index in [1.807, 2.05) is 41.9 Å². The van der Waals surface area contributed by atoms with Gasteiger partial charge in [0.05, 0.1) is 12.1 Å². The lowest BCUT2D eigenvalue weighted by Gasteiger charge is -2.05. The van der Waals surface area contributed by atoms with E-state index < -0.39 is 5.97 Å². The van der Waals surface area contributed by atoms with Crippen molar-refractivity contribution in [3.05, 3.63) is 54.6 Å². The van der Waals surface area contributed by atoms with Crippen molar-refractivity contribution in [1.29, 1.82) is 0 Å². The fraction of sp³-hybridized carbons (Fsp3) is 0.118. The molecule has 2 aromatic carbocycles. The number of carbonyl (C=O) groups is 1. The summed E-state index contributed by atoms with van der Waals surface area (Å²) >= 11 is 0. The highest BCUT2D eigenvalue weighted by Gasteiger charge is 2.13. The highest BCUT2D eigenvalue weighted by atomic mass is 16.5. The molecular formula is C17H15NO3. The van der Waals surface area contributed by atoms with Gasteiger partial charge < -0.3 is 14.4 Å². The number of hydrogen-bond donors (Lipinski definition) is 1. The lowest BCUT2D eigenvalue weighted by Crippen LogP contribution is -2.05. The van der Waals surface area contributed by atoms with Crippen LogP contribution < -0.4 is 4.74 Å². The van der Waals surface area contributed by atoms with Crippen LogP contribution in [0.1, 0.15) is 0 Å². The Bertz CT molecular complexity index is 846. The van der Waals surface area contributed by atoms with Crippen LogP contribution in [0.3, 0.4) is 0 Å². The molecule has 0 saturated heterocycles. The molecule has 0 spiro atoms. The third kappa shape index (κ3) is 2.30. The molecule has 3 aromatic rings. The Morgan fingerprint density at radius 1 is 1.19 bits per heavy atom. The van der Waals surface area contributed by atoms with Gasteiger partial charge in [0, 0.05) is 29.4 Å². The SMILES string of the molecule is Cn1c2ccccc2c2cccc(OC(=O)C=CCO)c21. The molecule has 0 saturated carbocycles. The summed E-state index contributed by atoms with van der Waals surface area (Å²) in [6, 6.07) is 13.7. The van der Waals surface area contributed by atoms with Crippen molar-refractivity contribution in [2.24, 2.45) is 7.05 Å². The van der Waals surface area contributed by atoms with Crippen molar-refractivity contribution in [1.82, 2.24) is 4.57 Å². The highest BCUT2D eigenvalue weighted by molar-refractivity contribution is 6.10. The molecule has 0 aliphatic carbocycles. The van der Waals surface area contributed by atoms with Gasteiger partial charge in [-0.2, -0.15) is 0 Å². The number of aryl methyl sites for hydroxylation is 1. The van der Waals surface area contributed by atoms with Crippen LogP contribution in [0, 0.1) is 0 Å². The number of rotatable bonds is 3. The molecule has 0 aliphatic heterocycles. The molecule has 0 unspecified atom stereocenters. The monoisotopic (exact) mass is 281 g/mol. The first-order chi connectivity index (χ1) is 10.2. The van der Waals surface area contributed by atoms with Gasteiger partial charge >= 0.3 is 5.97 Å². The summed E-state index contributed by atoms with van der Waals surface area (Å²) in [5, 5.41) is 10.9. The van der Waals surface area contributed by atoms with Crippen LogP contribution in [0.5, 0.6) is 5.75 Å². The first-order valence-electron chi connectivity index (χ1n) is 6.67. The van der Waals surface area contributed by atoms with E-state index in [0.29, 0.717) is 5.75 Å². The zero-order valence-corrected chi connectivity index (χ0v) is 11.6. The number of fused-ring (bicyclic) bond motifs is 3. The van der Waals surface area contributed by atoms with Crippen LogP contribution in [-0.4, -0.2) is 22.2 Å². The van der Waals surface area contributed by atoms with E-state index in [-0.39, 0.29) is 6.61 Å². The van der Waals surface area contributed by atoms with E-state index >= 15 is 0 Å². The van der Waals surface area contributed by atoms with Crippen LogP contribution in [0.2, 0.25) is 0 Å².